The van der Waals surface area contributed by atoms with E-state index < -0.39 is 10.2 Å². The topological polar surface area (TPSA) is 61.9 Å². The third kappa shape index (κ3) is 4.18. The van der Waals surface area contributed by atoms with Gasteiger partial charge in [-0.25, -0.2) is 0 Å². The van der Waals surface area contributed by atoms with E-state index in [0.717, 1.165) is 19.6 Å². The number of methoxy groups -OCH3 is 1. The van der Waals surface area contributed by atoms with Gasteiger partial charge < -0.3 is 10.1 Å². The molecule has 0 saturated carbocycles. The van der Waals surface area contributed by atoms with E-state index in [4.69, 9.17) is 4.74 Å². The van der Waals surface area contributed by atoms with Gasteiger partial charge in [0, 0.05) is 46.4 Å². The van der Waals surface area contributed by atoms with Crippen molar-refractivity contribution in [3.05, 3.63) is 0 Å². The zero-order chi connectivity index (χ0) is 12.7. The zero-order valence-corrected chi connectivity index (χ0v) is 11.5. The number of likely N-dealkylation sites (N-methyl/N-ethyl adjacent to an activating group) is 1. The predicted molar refractivity (Wildman–Crippen MR) is 67.1 cm³/mol. The molecule has 17 heavy (non-hydrogen) atoms. The standard InChI is InChI=1S/C10H23N3O3S/c1-3-12-8-9-13(17(12,14)15)7-6-11-5-4-10-16-2/h11H,3-10H2,1-2H3. The first-order chi connectivity index (χ1) is 8.12. The molecule has 102 valence electrons. The summed E-state index contributed by atoms with van der Waals surface area (Å²) in [7, 11) is -1.50. The maximum atomic E-state index is 11.9. The summed E-state index contributed by atoms with van der Waals surface area (Å²) in [5, 5.41) is 3.21. The number of nitrogens with one attached hydrogen (secondary N) is 1. The third-order valence-corrected chi connectivity index (χ3v) is 4.96. The van der Waals surface area contributed by atoms with Gasteiger partial charge in [0.2, 0.25) is 0 Å². The second kappa shape index (κ2) is 7.27. The van der Waals surface area contributed by atoms with Gasteiger partial charge >= 0.3 is 0 Å². The summed E-state index contributed by atoms with van der Waals surface area (Å²) in [4.78, 5) is 0. The molecule has 0 aromatic heterocycles. The highest BCUT2D eigenvalue weighted by Gasteiger charge is 2.34. The quantitative estimate of drug-likeness (QED) is 0.601. The zero-order valence-electron chi connectivity index (χ0n) is 10.7. The molecule has 0 radical (unpaired) electrons. The van der Waals surface area contributed by atoms with Gasteiger partial charge in [-0.05, 0) is 13.0 Å². The molecule has 0 amide bonds. The molecule has 6 nitrogen and oxygen atoms in total. The lowest BCUT2D eigenvalue weighted by atomic mass is 10.4. The van der Waals surface area contributed by atoms with E-state index in [2.05, 4.69) is 5.32 Å². The number of hydrogen-bond donors (Lipinski definition) is 1. The molecule has 0 unspecified atom stereocenters. The minimum absolute atomic E-state index is 0.547. The Morgan fingerprint density at radius 2 is 1.94 bits per heavy atom. The van der Waals surface area contributed by atoms with Crippen LogP contribution in [-0.4, -0.2) is 70.0 Å². The maximum absolute atomic E-state index is 11.9. The van der Waals surface area contributed by atoms with Crippen LogP contribution in [0.25, 0.3) is 0 Å². The van der Waals surface area contributed by atoms with Crippen LogP contribution >= 0.6 is 0 Å². The van der Waals surface area contributed by atoms with E-state index >= 15 is 0 Å². The van der Waals surface area contributed by atoms with E-state index in [1.54, 1.807) is 11.4 Å². The van der Waals surface area contributed by atoms with Crippen molar-refractivity contribution in [1.29, 1.82) is 0 Å². The Morgan fingerprint density at radius 1 is 1.24 bits per heavy atom. The summed E-state index contributed by atoms with van der Waals surface area (Å²) in [6, 6.07) is 0. The molecule has 1 N–H and O–H groups in total. The molecule has 1 heterocycles. The number of hydrogen-bond acceptors (Lipinski definition) is 4. The Balaban J connectivity index is 2.20. The third-order valence-electron chi connectivity index (χ3n) is 2.84. The molecule has 1 aliphatic heterocycles. The fourth-order valence-corrected chi connectivity index (χ4v) is 3.44. The summed E-state index contributed by atoms with van der Waals surface area (Å²) in [6.45, 7) is 6.48. The highest BCUT2D eigenvalue weighted by molar-refractivity contribution is 7.87. The van der Waals surface area contributed by atoms with Crippen molar-refractivity contribution in [3.63, 3.8) is 0 Å². The van der Waals surface area contributed by atoms with Crippen molar-refractivity contribution in [3.8, 4) is 0 Å². The van der Waals surface area contributed by atoms with Crippen LogP contribution in [0.5, 0.6) is 0 Å². The Hall–Kier alpha value is -0.210. The van der Waals surface area contributed by atoms with E-state index in [-0.39, 0.29) is 0 Å². The van der Waals surface area contributed by atoms with Crippen LogP contribution in [0.2, 0.25) is 0 Å². The van der Waals surface area contributed by atoms with E-state index in [0.29, 0.717) is 32.7 Å². The molecule has 0 aromatic rings. The van der Waals surface area contributed by atoms with Crippen molar-refractivity contribution >= 4 is 10.2 Å². The molecule has 1 rings (SSSR count). The van der Waals surface area contributed by atoms with Crippen LogP contribution in [0, 0.1) is 0 Å². The largest absolute Gasteiger partial charge is 0.385 e. The minimum Gasteiger partial charge on any atom is -0.385 e. The molecule has 0 aromatic carbocycles. The van der Waals surface area contributed by atoms with Crippen molar-refractivity contribution in [2.24, 2.45) is 0 Å². The van der Waals surface area contributed by atoms with E-state index in [1.807, 2.05) is 6.92 Å². The number of ether oxygens (including phenoxy) is 1. The Labute approximate surface area is 104 Å². The molecule has 7 heteroatoms. The lowest BCUT2D eigenvalue weighted by Crippen LogP contribution is -2.37. The van der Waals surface area contributed by atoms with Gasteiger partial charge in [-0.2, -0.15) is 17.0 Å². The summed E-state index contributed by atoms with van der Waals surface area (Å²) < 4.78 is 31.8. The lowest BCUT2D eigenvalue weighted by molar-refractivity contribution is 0.194. The molecule has 1 fully saturated rings. The monoisotopic (exact) mass is 265 g/mol. The highest BCUT2D eigenvalue weighted by Crippen LogP contribution is 2.14. The minimum atomic E-state index is -3.17. The van der Waals surface area contributed by atoms with Crippen molar-refractivity contribution < 1.29 is 13.2 Å². The van der Waals surface area contributed by atoms with Gasteiger partial charge in [-0.1, -0.05) is 6.92 Å². The number of nitrogens with zero attached hydrogens (tertiary/aromatic N) is 2. The molecule has 0 aliphatic carbocycles. The van der Waals surface area contributed by atoms with Gasteiger partial charge in [0.25, 0.3) is 10.2 Å². The second-order valence-corrected chi connectivity index (χ2v) is 5.92. The molecule has 1 saturated heterocycles. The van der Waals surface area contributed by atoms with E-state index in [9.17, 15) is 8.42 Å². The van der Waals surface area contributed by atoms with Crippen LogP contribution in [0.15, 0.2) is 0 Å². The van der Waals surface area contributed by atoms with Crippen molar-refractivity contribution in [2.75, 3.05) is 53.0 Å². The first kappa shape index (κ1) is 14.8. The van der Waals surface area contributed by atoms with Crippen LogP contribution in [-0.2, 0) is 14.9 Å². The summed E-state index contributed by atoms with van der Waals surface area (Å²) in [5.74, 6) is 0. The highest BCUT2D eigenvalue weighted by atomic mass is 32.2. The van der Waals surface area contributed by atoms with Gasteiger partial charge in [0.15, 0.2) is 0 Å². The lowest BCUT2D eigenvalue weighted by Gasteiger charge is -2.17. The molecule has 0 bridgehead atoms. The average molecular weight is 265 g/mol. The van der Waals surface area contributed by atoms with Crippen LogP contribution < -0.4 is 5.32 Å². The predicted octanol–water partition coefficient (Wildman–Crippen LogP) is -0.505. The average Bonchev–Trinajstić information content (AvgIpc) is 2.58. The summed E-state index contributed by atoms with van der Waals surface area (Å²) in [6.07, 6.45) is 0.949. The fourth-order valence-electron chi connectivity index (χ4n) is 1.84. The first-order valence-electron chi connectivity index (χ1n) is 6.07. The van der Waals surface area contributed by atoms with Crippen molar-refractivity contribution in [1.82, 2.24) is 13.9 Å². The SMILES string of the molecule is CCN1CCN(CCNCCCOC)S1(=O)=O. The molecular weight excluding hydrogens is 242 g/mol. The maximum Gasteiger partial charge on any atom is 0.282 e. The summed E-state index contributed by atoms with van der Waals surface area (Å²) in [5.41, 5.74) is 0. The van der Waals surface area contributed by atoms with Gasteiger partial charge in [-0.15, -0.1) is 0 Å². The molecule has 1 aliphatic rings. The molecule has 0 spiro atoms. The van der Waals surface area contributed by atoms with Crippen LogP contribution in [0.3, 0.4) is 0 Å². The van der Waals surface area contributed by atoms with Gasteiger partial charge in [0.1, 0.15) is 0 Å². The number of rotatable bonds is 8. The normalized spacial score (nSPS) is 21.1. The van der Waals surface area contributed by atoms with Crippen LogP contribution in [0.4, 0.5) is 0 Å². The summed E-state index contributed by atoms with van der Waals surface area (Å²) >= 11 is 0. The van der Waals surface area contributed by atoms with E-state index in [1.165, 1.54) is 4.31 Å². The van der Waals surface area contributed by atoms with Gasteiger partial charge in [-0.3, -0.25) is 0 Å². The Morgan fingerprint density at radius 3 is 2.53 bits per heavy atom. The smallest absolute Gasteiger partial charge is 0.282 e. The van der Waals surface area contributed by atoms with Crippen LogP contribution in [0.1, 0.15) is 13.3 Å². The Kier molecular flexibility index (Phi) is 6.35. The fraction of sp³-hybridized carbons (Fsp3) is 1.00. The first-order valence-corrected chi connectivity index (χ1v) is 7.47. The molecular formula is C10H23N3O3S. The second-order valence-electron chi connectivity index (χ2n) is 3.99. The van der Waals surface area contributed by atoms with Crippen molar-refractivity contribution in [2.45, 2.75) is 13.3 Å². The molecule has 0 atom stereocenters. The van der Waals surface area contributed by atoms with Gasteiger partial charge in [0.05, 0.1) is 0 Å². The Bertz CT molecular complexity index is 308.